The van der Waals surface area contributed by atoms with Crippen molar-refractivity contribution in [1.82, 2.24) is 4.98 Å². The molecular weight excluding hydrogens is 252 g/mol. The van der Waals surface area contributed by atoms with Crippen LogP contribution >= 0.6 is 0 Å². The SMILES string of the molecule is OC(CCOCC(F)F)c1cccc2cnccc12. The molecule has 0 aliphatic carbocycles. The van der Waals surface area contributed by atoms with Crippen molar-refractivity contribution in [2.75, 3.05) is 13.2 Å². The summed E-state index contributed by atoms with van der Waals surface area (Å²) in [5.41, 5.74) is 0.764. The van der Waals surface area contributed by atoms with Crippen LogP contribution in [0.2, 0.25) is 0 Å². The Morgan fingerprint density at radius 1 is 1.26 bits per heavy atom. The molecule has 0 fully saturated rings. The van der Waals surface area contributed by atoms with Crippen molar-refractivity contribution in [3.05, 3.63) is 42.2 Å². The fourth-order valence-electron chi connectivity index (χ4n) is 1.96. The topological polar surface area (TPSA) is 42.4 Å². The van der Waals surface area contributed by atoms with Gasteiger partial charge in [0.15, 0.2) is 0 Å². The van der Waals surface area contributed by atoms with Gasteiger partial charge in [0.05, 0.1) is 6.10 Å². The van der Waals surface area contributed by atoms with Gasteiger partial charge in [-0.3, -0.25) is 4.98 Å². The third-order valence-electron chi connectivity index (χ3n) is 2.85. The smallest absolute Gasteiger partial charge is 0.261 e. The van der Waals surface area contributed by atoms with Crippen molar-refractivity contribution in [2.24, 2.45) is 0 Å². The van der Waals surface area contributed by atoms with E-state index >= 15 is 0 Å². The molecular formula is C14H15F2NO2. The van der Waals surface area contributed by atoms with E-state index in [1.807, 2.05) is 24.3 Å². The summed E-state index contributed by atoms with van der Waals surface area (Å²) >= 11 is 0. The van der Waals surface area contributed by atoms with Crippen molar-refractivity contribution in [1.29, 1.82) is 0 Å². The summed E-state index contributed by atoms with van der Waals surface area (Å²) in [5, 5.41) is 11.9. The number of aliphatic hydroxyl groups excluding tert-OH is 1. The fourth-order valence-corrected chi connectivity index (χ4v) is 1.96. The molecule has 1 atom stereocenters. The van der Waals surface area contributed by atoms with Crippen LogP contribution in [-0.2, 0) is 4.74 Å². The Balaban J connectivity index is 2.03. The molecule has 0 spiro atoms. The number of halogens is 2. The molecule has 19 heavy (non-hydrogen) atoms. The highest BCUT2D eigenvalue weighted by molar-refractivity contribution is 5.85. The zero-order valence-corrected chi connectivity index (χ0v) is 10.3. The number of benzene rings is 1. The number of aromatic nitrogens is 1. The van der Waals surface area contributed by atoms with Gasteiger partial charge in [0.2, 0.25) is 0 Å². The van der Waals surface area contributed by atoms with Crippen LogP contribution < -0.4 is 0 Å². The van der Waals surface area contributed by atoms with E-state index < -0.39 is 19.1 Å². The van der Waals surface area contributed by atoms with Crippen LogP contribution in [0, 0.1) is 0 Å². The van der Waals surface area contributed by atoms with E-state index in [1.54, 1.807) is 12.4 Å². The van der Waals surface area contributed by atoms with E-state index in [-0.39, 0.29) is 13.0 Å². The Labute approximate surface area is 109 Å². The summed E-state index contributed by atoms with van der Waals surface area (Å²) < 4.78 is 28.6. The van der Waals surface area contributed by atoms with E-state index in [0.29, 0.717) is 0 Å². The van der Waals surface area contributed by atoms with Crippen LogP contribution in [0.5, 0.6) is 0 Å². The summed E-state index contributed by atoms with van der Waals surface area (Å²) in [6.07, 6.45) is 0.461. The van der Waals surface area contributed by atoms with Gasteiger partial charge in [0, 0.05) is 30.8 Å². The molecule has 0 aliphatic heterocycles. The molecule has 0 saturated heterocycles. The number of pyridine rings is 1. The Hall–Kier alpha value is -1.59. The summed E-state index contributed by atoms with van der Waals surface area (Å²) in [4.78, 5) is 4.02. The third-order valence-corrected chi connectivity index (χ3v) is 2.85. The van der Waals surface area contributed by atoms with Crippen LogP contribution in [0.15, 0.2) is 36.7 Å². The first-order valence-electron chi connectivity index (χ1n) is 6.05. The van der Waals surface area contributed by atoms with Gasteiger partial charge < -0.3 is 9.84 Å². The lowest BCUT2D eigenvalue weighted by atomic mass is 10.0. The average molecular weight is 267 g/mol. The Morgan fingerprint density at radius 2 is 2.11 bits per heavy atom. The maximum absolute atomic E-state index is 11.9. The predicted octanol–water partition coefficient (Wildman–Crippen LogP) is 2.94. The van der Waals surface area contributed by atoms with Crippen LogP contribution in [0.4, 0.5) is 8.78 Å². The second-order valence-corrected chi connectivity index (χ2v) is 4.21. The van der Waals surface area contributed by atoms with Crippen molar-refractivity contribution >= 4 is 10.8 Å². The van der Waals surface area contributed by atoms with Gasteiger partial charge in [-0.2, -0.15) is 0 Å². The van der Waals surface area contributed by atoms with Crippen LogP contribution in [-0.4, -0.2) is 29.7 Å². The molecule has 2 rings (SSSR count). The van der Waals surface area contributed by atoms with Gasteiger partial charge in [0.25, 0.3) is 6.43 Å². The van der Waals surface area contributed by atoms with Gasteiger partial charge in [-0.05, 0) is 17.0 Å². The average Bonchev–Trinajstić information content (AvgIpc) is 2.42. The standard InChI is InChI=1S/C14H15F2NO2/c15-14(16)9-19-7-5-13(18)12-3-1-2-10-8-17-6-4-11(10)12/h1-4,6,8,13-14,18H,5,7,9H2. The number of alkyl halides is 2. The summed E-state index contributed by atoms with van der Waals surface area (Å²) in [7, 11) is 0. The largest absolute Gasteiger partial charge is 0.388 e. The molecule has 2 aromatic rings. The normalized spacial score (nSPS) is 13.1. The zero-order valence-electron chi connectivity index (χ0n) is 10.3. The monoisotopic (exact) mass is 267 g/mol. The second-order valence-electron chi connectivity index (χ2n) is 4.21. The van der Waals surface area contributed by atoms with Crippen molar-refractivity contribution in [2.45, 2.75) is 19.0 Å². The first-order valence-corrected chi connectivity index (χ1v) is 6.05. The summed E-state index contributed by atoms with van der Waals surface area (Å²) in [6, 6.07) is 7.39. The highest BCUT2D eigenvalue weighted by Gasteiger charge is 2.11. The fraction of sp³-hybridized carbons (Fsp3) is 0.357. The molecule has 1 unspecified atom stereocenters. The maximum atomic E-state index is 11.9. The van der Waals surface area contributed by atoms with Gasteiger partial charge in [-0.1, -0.05) is 18.2 Å². The lowest BCUT2D eigenvalue weighted by Gasteiger charge is -2.13. The minimum absolute atomic E-state index is 0.104. The first-order chi connectivity index (χ1) is 9.18. The molecule has 3 nitrogen and oxygen atoms in total. The molecule has 1 aromatic carbocycles. The number of hydrogen-bond donors (Lipinski definition) is 1. The van der Waals surface area contributed by atoms with Gasteiger partial charge in [-0.15, -0.1) is 0 Å². The van der Waals surface area contributed by atoms with Crippen LogP contribution in [0.3, 0.4) is 0 Å². The van der Waals surface area contributed by atoms with Crippen LogP contribution in [0.25, 0.3) is 10.8 Å². The molecule has 1 heterocycles. The van der Waals surface area contributed by atoms with E-state index in [4.69, 9.17) is 4.74 Å². The quantitative estimate of drug-likeness (QED) is 0.818. The molecule has 0 amide bonds. The summed E-state index contributed by atoms with van der Waals surface area (Å²) in [6.45, 7) is -0.487. The van der Waals surface area contributed by atoms with E-state index in [1.165, 1.54) is 0 Å². The first kappa shape index (κ1) is 13.8. The van der Waals surface area contributed by atoms with Crippen molar-refractivity contribution in [3.63, 3.8) is 0 Å². The Bertz CT molecular complexity index is 528. The number of ether oxygens (including phenoxy) is 1. The van der Waals surface area contributed by atoms with Gasteiger partial charge >= 0.3 is 0 Å². The van der Waals surface area contributed by atoms with E-state index in [9.17, 15) is 13.9 Å². The number of rotatable bonds is 6. The van der Waals surface area contributed by atoms with Gasteiger partial charge in [-0.25, -0.2) is 8.78 Å². The van der Waals surface area contributed by atoms with Crippen LogP contribution in [0.1, 0.15) is 18.1 Å². The number of aliphatic hydroxyl groups is 1. The number of hydrogen-bond acceptors (Lipinski definition) is 3. The molecule has 1 N–H and O–H groups in total. The van der Waals surface area contributed by atoms with E-state index in [2.05, 4.69) is 4.98 Å². The zero-order chi connectivity index (χ0) is 13.7. The maximum Gasteiger partial charge on any atom is 0.261 e. The van der Waals surface area contributed by atoms with Gasteiger partial charge in [0.1, 0.15) is 6.61 Å². The highest BCUT2D eigenvalue weighted by Crippen LogP contribution is 2.25. The predicted molar refractivity (Wildman–Crippen MR) is 68.1 cm³/mol. The summed E-state index contributed by atoms with van der Waals surface area (Å²) in [5.74, 6) is 0. The molecule has 0 bridgehead atoms. The molecule has 0 radical (unpaired) electrons. The second kappa shape index (κ2) is 6.54. The number of nitrogens with zero attached hydrogens (tertiary/aromatic N) is 1. The molecule has 0 saturated carbocycles. The third kappa shape index (κ3) is 3.68. The van der Waals surface area contributed by atoms with Crippen molar-refractivity contribution < 1.29 is 18.6 Å². The van der Waals surface area contributed by atoms with Crippen molar-refractivity contribution in [3.8, 4) is 0 Å². The molecule has 1 aromatic heterocycles. The molecule has 0 aliphatic rings. The minimum atomic E-state index is -2.47. The Morgan fingerprint density at radius 3 is 2.89 bits per heavy atom. The minimum Gasteiger partial charge on any atom is -0.388 e. The lowest BCUT2D eigenvalue weighted by Crippen LogP contribution is -2.08. The lowest BCUT2D eigenvalue weighted by molar-refractivity contribution is 0.00495. The Kier molecular flexibility index (Phi) is 4.76. The number of fused-ring (bicyclic) bond motifs is 1. The van der Waals surface area contributed by atoms with E-state index in [0.717, 1.165) is 16.3 Å². The highest BCUT2D eigenvalue weighted by atomic mass is 19.3. The molecule has 5 heteroatoms. The molecule has 102 valence electrons.